The summed E-state index contributed by atoms with van der Waals surface area (Å²) in [5.74, 6) is -0.339. The molecule has 2 rings (SSSR count). The molecule has 1 unspecified atom stereocenters. The molecule has 0 saturated carbocycles. The Labute approximate surface area is 122 Å². The van der Waals surface area contributed by atoms with Crippen LogP contribution in [0, 0.1) is 0 Å². The maximum Gasteiger partial charge on any atom is 0.387 e. The van der Waals surface area contributed by atoms with E-state index < -0.39 is 16.6 Å². The van der Waals surface area contributed by atoms with E-state index in [1.807, 2.05) is 0 Å². The highest BCUT2D eigenvalue weighted by molar-refractivity contribution is 7.89. The molecule has 0 bridgehead atoms. The van der Waals surface area contributed by atoms with Crippen molar-refractivity contribution in [3.05, 3.63) is 24.3 Å². The summed E-state index contributed by atoms with van der Waals surface area (Å²) >= 11 is 0. The van der Waals surface area contributed by atoms with Gasteiger partial charge in [0, 0.05) is 19.1 Å². The van der Waals surface area contributed by atoms with Gasteiger partial charge in [-0.2, -0.15) is 13.1 Å². The maximum absolute atomic E-state index is 12.7. The second kappa shape index (κ2) is 6.67. The number of nitrogens with two attached hydrogens (primary N) is 1. The molecule has 1 fully saturated rings. The number of benzene rings is 1. The van der Waals surface area contributed by atoms with E-state index in [-0.39, 0.29) is 23.2 Å². The molecule has 21 heavy (non-hydrogen) atoms. The Balaban J connectivity index is 2.39. The molecule has 0 aromatic heterocycles. The molecule has 2 N–H and O–H groups in total. The average Bonchev–Trinajstić information content (AvgIpc) is 2.47. The number of alkyl halides is 2. The number of piperidine rings is 1. The number of rotatable bonds is 5. The number of halogens is 2. The highest BCUT2D eigenvalue weighted by atomic mass is 32.2. The molecule has 8 heteroatoms. The lowest BCUT2D eigenvalue weighted by molar-refractivity contribution is -0.0518. The Morgan fingerprint density at radius 1 is 1.33 bits per heavy atom. The van der Waals surface area contributed by atoms with Crippen molar-refractivity contribution in [2.75, 3.05) is 13.1 Å². The second-order valence-corrected chi connectivity index (χ2v) is 6.69. The van der Waals surface area contributed by atoms with Crippen molar-refractivity contribution in [3.8, 4) is 5.75 Å². The van der Waals surface area contributed by atoms with Gasteiger partial charge in [0.15, 0.2) is 0 Å². The van der Waals surface area contributed by atoms with Gasteiger partial charge in [-0.25, -0.2) is 8.42 Å². The lowest BCUT2D eigenvalue weighted by Crippen LogP contribution is -2.47. The van der Waals surface area contributed by atoms with Gasteiger partial charge in [0.25, 0.3) is 0 Å². The van der Waals surface area contributed by atoms with Gasteiger partial charge in [0.1, 0.15) is 10.6 Å². The molecular weight excluding hydrogens is 302 g/mol. The number of ether oxygens (including phenoxy) is 1. The van der Waals surface area contributed by atoms with Crippen molar-refractivity contribution < 1.29 is 21.9 Å². The summed E-state index contributed by atoms with van der Waals surface area (Å²) < 4.78 is 55.9. The summed E-state index contributed by atoms with van der Waals surface area (Å²) in [5.41, 5.74) is 5.63. The third-order valence-electron chi connectivity index (χ3n) is 3.50. The SMILES string of the molecule is NCC1CCCCN1S(=O)(=O)c1ccccc1OC(F)F. The first-order chi connectivity index (χ1) is 9.96. The smallest absolute Gasteiger partial charge is 0.387 e. The first-order valence-corrected chi connectivity index (χ1v) is 8.16. The molecule has 1 aromatic rings. The minimum atomic E-state index is -3.90. The number of para-hydroxylation sites is 1. The van der Waals surface area contributed by atoms with Gasteiger partial charge < -0.3 is 10.5 Å². The van der Waals surface area contributed by atoms with Crippen molar-refractivity contribution in [2.45, 2.75) is 36.8 Å². The lowest BCUT2D eigenvalue weighted by Gasteiger charge is -2.34. The maximum atomic E-state index is 12.7. The normalized spacial score (nSPS) is 20.7. The van der Waals surface area contributed by atoms with Crippen LogP contribution in [0.25, 0.3) is 0 Å². The number of nitrogens with zero attached hydrogens (tertiary/aromatic N) is 1. The number of hydrogen-bond acceptors (Lipinski definition) is 4. The van der Waals surface area contributed by atoms with Crippen LogP contribution in [0.4, 0.5) is 8.78 Å². The van der Waals surface area contributed by atoms with E-state index in [2.05, 4.69) is 4.74 Å². The van der Waals surface area contributed by atoms with Crippen LogP contribution in [-0.4, -0.2) is 38.5 Å². The number of sulfonamides is 1. The Morgan fingerprint density at radius 2 is 2.05 bits per heavy atom. The van der Waals surface area contributed by atoms with Crippen LogP contribution < -0.4 is 10.5 Å². The first-order valence-electron chi connectivity index (χ1n) is 6.72. The molecule has 0 amide bonds. The van der Waals surface area contributed by atoms with Gasteiger partial charge in [-0.1, -0.05) is 18.6 Å². The van der Waals surface area contributed by atoms with Crippen molar-refractivity contribution in [3.63, 3.8) is 0 Å². The fraction of sp³-hybridized carbons (Fsp3) is 0.538. The third kappa shape index (κ3) is 3.50. The van der Waals surface area contributed by atoms with Crippen LogP contribution >= 0.6 is 0 Å². The molecule has 0 spiro atoms. The van der Waals surface area contributed by atoms with Gasteiger partial charge in [-0.05, 0) is 25.0 Å². The van der Waals surface area contributed by atoms with Crippen LogP contribution in [-0.2, 0) is 10.0 Å². The Bertz CT molecular complexity index is 581. The molecule has 0 radical (unpaired) electrons. The van der Waals surface area contributed by atoms with E-state index in [9.17, 15) is 17.2 Å². The summed E-state index contributed by atoms with van der Waals surface area (Å²) in [7, 11) is -3.90. The quantitative estimate of drug-likeness (QED) is 0.898. The Kier molecular flexibility index (Phi) is 5.13. The molecule has 1 heterocycles. The summed E-state index contributed by atoms with van der Waals surface area (Å²) in [6.07, 6.45) is 2.31. The van der Waals surface area contributed by atoms with Gasteiger partial charge in [0.2, 0.25) is 10.0 Å². The summed E-state index contributed by atoms with van der Waals surface area (Å²) in [4.78, 5) is -0.245. The standard InChI is InChI=1S/C13H18F2N2O3S/c14-13(15)20-11-6-1-2-7-12(11)21(18,19)17-8-4-3-5-10(17)9-16/h1-2,6-7,10,13H,3-5,8-9,16H2. The Hall–Kier alpha value is -1.25. The summed E-state index contributed by atoms with van der Waals surface area (Å²) in [6, 6.07) is 5.12. The van der Waals surface area contributed by atoms with Crippen molar-refractivity contribution >= 4 is 10.0 Å². The summed E-state index contributed by atoms with van der Waals surface area (Å²) in [6.45, 7) is -2.53. The van der Waals surface area contributed by atoms with Crippen molar-refractivity contribution in [1.82, 2.24) is 4.31 Å². The monoisotopic (exact) mass is 320 g/mol. The van der Waals surface area contributed by atoms with Crippen LogP contribution in [0.2, 0.25) is 0 Å². The van der Waals surface area contributed by atoms with Gasteiger partial charge in [-0.15, -0.1) is 0 Å². The molecule has 1 atom stereocenters. The lowest BCUT2D eigenvalue weighted by atomic mass is 10.1. The zero-order chi connectivity index (χ0) is 15.5. The molecule has 118 valence electrons. The van der Waals surface area contributed by atoms with E-state index in [0.29, 0.717) is 13.0 Å². The highest BCUT2D eigenvalue weighted by Crippen LogP contribution is 2.31. The highest BCUT2D eigenvalue weighted by Gasteiger charge is 2.34. The predicted octanol–water partition coefficient (Wildman–Crippen LogP) is 1.79. The van der Waals surface area contributed by atoms with Crippen molar-refractivity contribution in [1.29, 1.82) is 0 Å². The first kappa shape index (κ1) is 16.1. The molecular formula is C13H18F2N2O3S. The minimum absolute atomic E-state index is 0.205. The van der Waals surface area contributed by atoms with E-state index in [1.165, 1.54) is 28.6 Å². The van der Waals surface area contributed by atoms with Gasteiger partial charge in [-0.3, -0.25) is 0 Å². The Morgan fingerprint density at radius 3 is 2.71 bits per heavy atom. The van der Waals surface area contributed by atoms with E-state index in [1.54, 1.807) is 0 Å². The molecule has 1 aliphatic rings. The second-order valence-electron chi connectivity index (χ2n) is 4.83. The van der Waals surface area contributed by atoms with E-state index in [0.717, 1.165) is 12.8 Å². The largest absolute Gasteiger partial charge is 0.433 e. The molecule has 1 aromatic carbocycles. The zero-order valence-electron chi connectivity index (χ0n) is 11.4. The van der Waals surface area contributed by atoms with E-state index >= 15 is 0 Å². The number of hydrogen-bond donors (Lipinski definition) is 1. The van der Waals surface area contributed by atoms with Gasteiger partial charge >= 0.3 is 6.61 Å². The van der Waals surface area contributed by atoms with Gasteiger partial charge in [0.05, 0.1) is 0 Å². The van der Waals surface area contributed by atoms with Crippen LogP contribution in [0.15, 0.2) is 29.2 Å². The van der Waals surface area contributed by atoms with Crippen molar-refractivity contribution in [2.24, 2.45) is 5.73 Å². The fourth-order valence-electron chi connectivity index (χ4n) is 2.51. The minimum Gasteiger partial charge on any atom is -0.433 e. The van der Waals surface area contributed by atoms with Crippen LogP contribution in [0.3, 0.4) is 0 Å². The zero-order valence-corrected chi connectivity index (χ0v) is 12.2. The van der Waals surface area contributed by atoms with Crippen LogP contribution in [0.5, 0.6) is 5.75 Å². The fourth-order valence-corrected chi connectivity index (χ4v) is 4.34. The van der Waals surface area contributed by atoms with E-state index in [4.69, 9.17) is 5.73 Å². The molecule has 1 aliphatic heterocycles. The molecule has 1 saturated heterocycles. The topological polar surface area (TPSA) is 72.6 Å². The molecule has 0 aliphatic carbocycles. The predicted molar refractivity (Wildman–Crippen MR) is 73.7 cm³/mol. The summed E-state index contributed by atoms with van der Waals surface area (Å²) in [5, 5.41) is 0. The third-order valence-corrected chi connectivity index (χ3v) is 5.49. The average molecular weight is 320 g/mol. The molecule has 5 nitrogen and oxygen atoms in total. The van der Waals surface area contributed by atoms with Crippen LogP contribution in [0.1, 0.15) is 19.3 Å².